The number of rotatable bonds is 7. The molecule has 28 heavy (non-hydrogen) atoms. The fourth-order valence-electron chi connectivity index (χ4n) is 3.29. The van der Waals surface area contributed by atoms with E-state index >= 15 is 0 Å². The molecule has 0 aromatic heterocycles. The summed E-state index contributed by atoms with van der Waals surface area (Å²) < 4.78 is 5.23. The summed E-state index contributed by atoms with van der Waals surface area (Å²) in [7, 11) is 3.53. The third-order valence-electron chi connectivity index (χ3n) is 4.66. The molecule has 0 radical (unpaired) electrons. The third kappa shape index (κ3) is 4.29. The summed E-state index contributed by atoms with van der Waals surface area (Å²) in [5.41, 5.74) is 2.43. The number of ether oxygens (including phenoxy) is 1. The summed E-state index contributed by atoms with van der Waals surface area (Å²) in [4.78, 5) is 12.9. The van der Waals surface area contributed by atoms with Crippen LogP contribution in [0.15, 0.2) is 72.8 Å². The van der Waals surface area contributed by atoms with Crippen LogP contribution in [-0.4, -0.2) is 29.1 Å². The van der Waals surface area contributed by atoms with Gasteiger partial charge in [-0.05, 0) is 36.4 Å². The lowest BCUT2D eigenvalue weighted by atomic mass is 9.95. The molecule has 0 saturated carbocycles. The van der Waals surface area contributed by atoms with Crippen LogP contribution in [0.1, 0.15) is 22.7 Å². The minimum atomic E-state index is -0.453. The number of hydrogen-bond donors (Lipinski definition) is 1. The normalized spacial score (nSPS) is 12.0. The van der Waals surface area contributed by atoms with E-state index in [1.807, 2.05) is 61.6 Å². The minimum Gasteiger partial charge on any atom is -0.508 e. The lowest BCUT2D eigenvalue weighted by Crippen LogP contribution is -2.25. The molecule has 3 aromatic carbocycles. The first-order valence-corrected chi connectivity index (χ1v) is 8.85. The highest BCUT2D eigenvalue weighted by molar-refractivity contribution is 5.48. The molecule has 0 aliphatic heterocycles. The standard InChI is InChI=1S/C22H22N2O4/c1-23(15-16-6-4-3-5-7-16)22(17-8-11-19(28-2)12-9-17)20-14-18(24(26)27)10-13-21(20)25/h3-14,22,25H,15H2,1-2H3. The van der Waals surface area contributed by atoms with Crippen molar-refractivity contribution in [2.24, 2.45) is 0 Å². The zero-order chi connectivity index (χ0) is 20.1. The number of phenols is 1. The van der Waals surface area contributed by atoms with Gasteiger partial charge in [0, 0.05) is 24.2 Å². The average molecular weight is 378 g/mol. The van der Waals surface area contributed by atoms with E-state index < -0.39 is 4.92 Å². The van der Waals surface area contributed by atoms with Crippen molar-refractivity contribution in [2.75, 3.05) is 14.2 Å². The van der Waals surface area contributed by atoms with Crippen LogP contribution in [0.25, 0.3) is 0 Å². The second-order valence-electron chi connectivity index (χ2n) is 6.58. The largest absolute Gasteiger partial charge is 0.508 e. The van der Waals surface area contributed by atoms with Gasteiger partial charge in [0.1, 0.15) is 11.5 Å². The van der Waals surface area contributed by atoms with Crippen LogP contribution in [0.4, 0.5) is 5.69 Å². The van der Waals surface area contributed by atoms with Gasteiger partial charge in [0.15, 0.2) is 0 Å². The van der Waals surface area contributed by atoms with Gasteiger partial charge in [-0.2, -0.15) is 0 Å². The molecule has 0 bridgehead atoms. The Labute approximate surface area is 163 Å². The number of benzene rings is 3. The van der Waals surface area contributed by atoms with Gasteiger partial charge < -0.3 is 9.84 Å². The first kappa shape index (κ1) is 19.4. The van der Waals surface area contributed by atoms with Gasteiger partial charge in [-0.15, -0.1) is 0 Å². The first-order valence-electron chi connectivity index (χ1n) is 8.85. The highest BCUT2D eigenvalue weighted by Crippen LogP contribution is 2.37. The molecule has 6 nitrogen and oxygen atoms in total. The molecule has 0 aliphatic rings. The van der Waals surface area contributed by atoms with Gasteiger partial charge in [0.05, 0.1) is 18.1 Å². The number of nitrogens with zero attached hydrogens (tertiary/aromatic N) is 2. The molecule has 0 saturated heterocycles. The zero-order valence-corrected chi connectivity index (χ0v) is 15.8. The Morgan fingerprint density at radius 2 is 1.75 bits per heavy atom. The molecular formula is C22H22N2O4. The molecule has 0 aliphatic carbocycles. The second-order valence-corrected chi connectivity index (χ2v) is 6.58. The molecule has 144 valence electrons. The summed E-state index contributed by atoms with van der Waals surface area (Å²) in [5, 5.41) is 21.8. The summed E-state index contributed by atoms with van der Waals surface area (Å²) in [6.07, 6.45) is 0. The number of methoxy groups -OCH3 is 1. The molecule has 1 unspecified atom stereocenters. The van der Waals surface area contributed by atoms with E-state index in [0.717, 1.165) is 16.9 Å². The molecule has 3 aromatic rings. The van der Waals surface area contributed by atoms with Crippen molar-refractivity contribution < 1.29 is 14.8 Å². The summed E-state index contributed by atoms with van der Waals surface area (Å²) in [6, 6.07) is 21.2. The Morgan fingerprint density at radius 1 is 1.07 bits per heavy atom. The van der Waals surface area contributed by atoms with Crippen LogP contribution in [0.2, 0.25) is 0 Å². The van der Waals surface area contributed by atoms with Crippen molar-refractivity contribution >= 4 is 5.69 Å². The quantitative estimate of drug-likeness (QED) is 0.483. The van der Waals surface area contributed by atoms with Gasteiger partial charge in [-0.1, -0.05) is 42.5 Å². The number of non-ortho nitro benzene ring substituents is 1. The highest BCUT2D eigenvalue weighted by atomic mass is 16.6. The van der Waals surface area contributed by atoms with Gasteiger partial charge in [-0.3, -0.25) is 15.0 Å². The predicted octanol–water partition coefficient (Wildman–Crippen LogP) is 4.53. The van der Waals surface area contributed by atoms with E-state index in [1.54, 1.807) is 7.11 Å². The molecule has 6 heteroatoms. The SMILES string of the molecule is COc1ccc(C(c2cc([N+](=O)[O-])ccc2O)N(C)Cc2ccccc2)cc1. The number of aromatic hydroxyl groups is 1. The second kappa shape index (κ2) is 8.54. The van der Waals surface area contributed by atoms with Crippen LogP contribution in [0.5, 0.6) is 11.5 Å². The number of nitro groups is 1. The van der Waals surface area contributed by atoms with E-state index in [2.05, 4.69) is 4.90 Å². The minimum absolute atomic E-state index is 0.0197. The van der Waals surface area contributed by atoms with E-state index in [-0.39, 0.29) is 17.5 Å². The Morgan fingerprint density at radius 3 is 2.36 bits per heavy atom. The molecular weight excluding hydrogens is 356 g/mol. The van der Waals surface area contributed by atoms with Gasteiger partial charge in [0.2, 0.25) is 0 Å². The Hall–Kier alpha value is -3.38. The summed E-state index contributed by atoms with van der Waals surface area (Å²) in [5.74, 6) is 0.739. The maximum absolute atomic E-state index is 11.3. The van der Waals surface area contributed by atoms with Crippen LogP contribution in [-0.2, 0) is 6.54 Å². The highest BCUT2D eigenvalue weighted by Gasteiger charge is 2.25. The Kier molecular flexibility index (Phi) is 5.91. The fraction of sp³-hybridized carbons (Fsp3) is 0.182. The molecule has 3 rings (SSSR count). The van der Waals surface area contributed by atoms with Crippen LogP contribution < -0.4 is 4.74 Å². The van der Waals surface area contributed by atoms with E-state index in [9.17, 15) is 15.2 Å². The molecule has 0 heterocycles. The summed E-state index contributed by atoms with van der Waals surface area (Å²) in [6.45, 7) is 0.611. The Balaban J connectivity index is 2.05. The monoisotopic (exact) mass is 378 g/mol. The van der Waals surface area contributed by atoms with Gasteiger partial charge >= 0.3 is 0 Å². The van der Waals surface area contributed by atoms with Crippen molar-refractivity contribution in [1.82, 2.24) is 4.90 Å². The topological polar surface area (TPSA) is 75.8 Å². The van der Waals surface area contributed by atoms with Crippen molar-refractivity contribution in [3.05, 3.63) is 99.6 Å². The van der Waals surface area contributed by atoms with Crippen molar-refractivity contribution in [1.29, 1.82) is 0 Å². The zero-order valence-electron chi connectivity index (χ0n) is 15.8. The first-order chi connectivity index (χ1) is 13.5. The van der Waals surface area contributed by atoms with Gasteiger partial charge in [0.25, 0.3) is 5.69 Å². The number of hydrogen-bond acceptors (Lipinski definition) is 5. The smallest absolute Gasteiger partial charge is 0.270 e. The number of phenolic OH excluding ortho intramolecular Hbond substituents is 1. The van der Waals surface area contributed by atoms with E-state index in [1.165, 1.54) is 18.2 Å². The predicted molar refractivity (Wildman–Crippen MR) is 108 cm³/mol. The van der Waals surface area contributed by atoms with Crippen LogP contribution >= 0.6 is 0 Å². The fourth-order valence-corrected chi connectivity index (χ4v) is 3.29. The van der Waals surface area contributed by atoms with Gasteiger partial charge in [-0.25, -0.2) is 0 Å². The lowest BCUT2D eigenvalue weighted by Gasteiger charge is -2.29. The molecule has 0 amide bonds. The molecule has 0 spiro atoms. The van der Waals surface area contributed by atoms with Crippen molar-refractivity contribution in [3.63, 3.8) is 0 Å². The molecule has 1 N–H and O–H groups in total. The van der Waals surface area contributed by atoms with E-state index in [4.69, 9.17) is 4.74 Å². The van der Waals surface area contributed by atoms with Crippen molar-refractivity contribution in [2.45, 2.75) is 12.6 Å². The van der Waals surface area contributed by atoms with E-state index in [0.29, 0.717) is 12.1 Å². The van der Waals surface area contributed by atoms with Crippen molar-refractivity contribution in [3.8, 4) is 11.5 Å². The van der Waals surface area contributed by atoms with Crippen LogP contribution in [0, 0.1) is 10.1 Å². The summed E-state index contributed by atoms with van der Waals surface area (Å²) >= 11 is 0. The lowest BCUT2D eigenvalue weighted by molar-refractivity contribution is -0.385. The molecule has 1 atom stereocenters. The third-order valence-corrected chi connectivity index (χ3v) is 4.66. The number of nitro benzene ring substituents is 1. The molecule has 0 fully saturated rings. The van der Waals surface area contributed by atoms with Crippen LogP contribution in [0.3, 0.4) is 0 Å². The average Bonchev–Trinajstić information content (AvgIpc) is 2.70. The maximum Gasteiger partial charge on any atom is 0.270 e. The Bertz CT molecular complexity index is 943. The maximum atomic E-state index is 11.3.